The molecule has 0 N–H and O–H groups in total. The highest BCUT2D eigenvalue weighted by Gasteiger charge is 2.28. The summed E-state index contributed by atoms with van der Waals surface area (Å²) in [6.07, 6.45) is 3.11. The van der Waals surface area contributed by atoms with Gasteiger partial charge in [-0.3, -0.25) is 19.1 Å². The largest absolute Gasteiger partial charge is 0.469 e. The van der Waals surface area contributed by atoms with Gasteiger partial charge in [-0.15, -0.1) is 11.6 Å². The van der Waals surface area contributed by atoms with Crippen molar-refractivity contribution in [1.82, 2.24) is 29.0 Å². The lowest BCUT2D eigenvalue weighted by molar-refractivity contribution is -0.140. The van der Waals surface area contributed by atoms with Gasteiger partial charge in [-0.05, 0) is 50.6 Å². The molecule has 1 aromatic carbocycles. The molecule has 4 aromatic rings. The van der Waals surface area contributed by atoms with Crippen LogP contribution < -0.4 is 0 Å². The van der Waals surface area contributed by atoms with E-state index >= 15 is 0 Å². The SMILES string of the molecule is COC(=O)CCn1c(C(=O)OC)cc2c(-c3c(CN(C)Cc4cc(CCl)n(C)n4)nn4c3CCCC4)c(Cl)ccc21. The van der Waals surface area contributed by atoms with Crippen LogP contribution in [-0.2, 0) is 59.8 Å². The molecule has 0 bridgehead atoms. The Morgan fingerprint density at radius 1 is 1.07 bits per heavy atom. The van der Waals surface area contributed by atoms with E-state index in [1.165, 1.54) is 14.2 Å². The van der Waals surface area contributed by atoms with Crippen LogP contribution in [0.4, 0.5) is 0 Å². The Labute approximate surface area is 248 Å². The Kier molecular flexibility index (Phi) is 8.72. The van der Waals surface area contributed by atoms with Crippen molar-refractivity contribution in [3.8, 4) is 11.1 Å². The predicted molar refractivity (Wildman–Crippen MR) is 157 cm³/mol. The third-order valence-electron chi connectivity index (χ3n) is 7.63. The summed E-state index contributed by atoms with van der Waals surface area (Å²) >= 11 is 13.0. The van der Waals surface area contributed by atoms with Crippen LogP contribution in [0.3, 0.4) is 0 Å². The zero-order valence-electron chi connectivity index (χ0n) is 23.7. The lowest BCUT2D eigenvalue weighted by atomic mass is 9.95. The number of nitrogens with zero attached hydrogens (tertiary/aromatic N) is 6. The summed E-state index contributed by atoms with van der Waals surface area (Å²) in [6.45, 7) is 2.30. The molecule has 0 saturated heterocycles. The quantitative estimate of drug-likeness (QED) is 0.188. The number of hydrogen-bond donors (Lipinski definition) is 0. The van der Waals surface area contributed by atoms with Crippen LogP contribution in [0.1, 0.15) is 52.5 Å². The number of aromatic nitrogens is 5. The summed E-state index contributed by atoms with van der Waals surface area (Å²) in [4.78, 5) is 27.0. The van der Waals surface area contributed by atoms with E-state index < -0.39 is 5.97 Å². The highest BCUT2D eigenvalue weighted by Crippen LogP contribution is 2.42. The van der Waals surface area contributed by atoms with Gasteiger partial charge in [0.05, 0.1) is 43.6 Å². The zero-order valence-corrected chi connectivity index (χ0v) is 25.3. The second-order valence-corrected chi connectivity index (χ2v) is 11.0. The number of benzene rings is 1. The Morgan fingerprint density at radius 2 is 1.88 bits per heavy atom. The van der Waals surface area contributed by atoms with Crippen molar-refractivity contribution in [1.29, 1.82) is 0 Å². The van der Waals surface area contributed by atoms with E-state index in [-0.39, 0.29) is 18.9 Å². The van der Waals surface area contributed by atoms with E-state index in [9.17, 15) is 9.59 Å². The van der Waals surface area contributed by atoms with Gasteiger partial charge in [0.15, 0.2) is 0 Å². The van der Waals surface area contributed by atoms with Crippen LogP contribution in [0, 0.1) is 0 Å². The van der Waals surface area contributed by atoms with Crippen molar-refractivity contribution in [2.45, 2.75) is 57.7 Å². The fraction of sp³-hybridized carbons (Fsp3) is 0.448. The van der Waals surface area contributed by atoms with Crippen LogP contribution in [0.25, 0.3) is 22.0 Å². The number of ether oxygens (including phenoxy) is 2. The fourth-order valence-electron chi connectivity index (χ4n) is 5.69. The Hall–Kier alpha value is -3.34. The fourth-order valence-corrected chi connectivity index (χ4v) is 6.20. The molecule has 1 aliphatic rings. The van der Waals surface area contributed by atoms with Gasteiger partial charge in [0.1, 0.15) is 5.69 Å². The molecule has 1 aliphatic heterocycles. The molecule has 0 atom stereocenters. The van der Waals surface area contributed by atoms with Crippen LogP contribution in [0.2, 0.25) is 5.02 Å². The summed E-state index contributed by atoms with van der Waals surface area (Å²) in [5, 5.41) is 11.0. The van der Waals surface area contributed by atoms with E-state index in [0.29, 0.717) is 29.7 Å². The number of hydrogen-bond acceptors (Lipinski definition) is 7. The molecule has 5 rings (SSSR count). The van der Waals surface area contributed by atoms with Crippen molar-refractivity contribution in [2.24, 2.45) is 7.05 Å². The molecule has 0 spiro atoms. The standard InChI is InChI=1S/C29H34Cl2N6O4/c1-34(16-18-13-19(15-30)35(2)32-18)17-22-28(24-7-5-6-11-37(24)33-22)27-20-14-25(29(39)41-4)36(12-10-26(38)40-3)23(20)9-8-21(27)31/h8-9,13-14H,5-7,10-12,15-17H2,1-4H3. The molecule has 0 unspecified atom stereocenters. The number of carbonyl (C=O) groups excluding carboxylic acids is 2. The van der Waals surface area contributed by atoms with E-state index in [2.05, 4.69) is 14.7 Å². The molecular formula is C29H34Cl2N6O4. The topological polar surface area (TPSA) is 96.4 Å². The third kappa shape index (κ3) is 5.73. The maximum atomic E-state index is 12.8. The Balaban J connectivity index is 1.61. The molecule has 218 valence electrons. The molecule has 0 radical (unpaired) electrons. The molecule has 10 nitrogen and oxygen atoms in total. The second-order valence-electron chi connectivity index (χ2n) is 10.4. The lowest BCUT2D eigenvalue weighted by Gasteiger charge is -2.17. The van der Waals surface area contributed by atoms with Gasteiger partial charge in [0, 0.05) is 66.0 Å². The average Bonchev–Trinajstić information content (AvgIpc) is 3.63. The number of aryl methyl sites for hydroxylation is 3. The van der Waals surface area contributed by atoms with E-state index in [0.717, 1.165) is 70.6 Å². The number of methoxy groups -OCH3 is 2. The van der Waals surface area contributed by atoms with Gasteiger partial charge < -0.3 is 14.0 Å². The van der Waals surface area contributed by atoms with Crippen molar-refractivity contribution < 1.29 is 19.1 Å². The lowest BCUT2D eigenvalue weighted by Crippen LogP contribution is -2.18. The van der Waals surface area contributed by atoms with Gasteiger partial charge >= 0.3 is 11.9 Å². The minimum absolute atomic E-state index is 0.112. The van der Waals surface area contributed by atoms with Crippen LogP contribution in [0.5, 0.6) is 0 Å². The Morgan fingerprint density at radius 3 is 2.59 bits per heavy atom. The molecule has 0 saturated carbocycles. The predicted octanol–water partition coefficient (Wildman–Crippen LogP) is 4.95. The first-order valence-corrected chi connectivity index (χ1v) is 14.5. The van der Waals surface area contributed by atoms with Gasteiger partial charge in [0.2, 0.25) is 0 Å². The first kappa shape index (κ1) is 29.2. The first-order chi connectivity index (χ1) is 19.7. The number of rotatable bonds is 10. The highest BCUT2D eigenvalue weighted by molar-refractivity contribution is 6.35. The van der Waals surface area contributed by atoms with E-state index in [4.69, 9.17) is 37.8 Å². The normalized spacial score (nSPS) is 13.1. The Bertz CT molecular complexity index is 1600. The second kappa shape index (κ2) is 12.3. The van der Waals surface area contributed by atoms with E-state index in [1.54, 1.807) is 9.25 Å². The number of alkyl halides is 1. The van der Waals surface area contributed by atoms with Gasteiger partial charge in [0.25, 0.3) is 0 Å². The molecular weight excluding hydrogens is 567 g/mol. The van der Waals surface area contributed by atoms with Crippen LogP contribution in [-0.4, -0.2) is 62.2 Å². The summed E-state index contributed by atoms with van der Waals surface area (Å²) in [6, 6.07) is 7.55. The van der Waals surface area contributed by atoms with Crippen molar-refractivity contribution in [3.05, 3.63) is 57.8 Å². The number of esters is 2. The maximum absolute atomic E-state index is 12.8. The summed E-state index contributed by atoms with van der Waals surface area (Å²) in [5.74, 6) is -0.448. The van der Waals surface area contributed by atoms with E-state index in [1.807, 2.05) is 38.4 Å². The minimum Gasteiger partial charge on any atom is -0.469 e. The maximum Gasteiger partial charge on any atom is 0.354 e. The van der Waals surface area contributed by atoms with Crippen LogP contribution >= 0.6 is 23.2 Å². The van der Waals surface area contributed by atoms with Gasteiger partial charge in [-0.25, -0.2) is 4.79 Å². The summed E-state index contributed by atoms with van der Waals surface area (Å²) < 4.78 is 15.6. The minimum atomic E-state index is -0.489. The summed E-state index contributed by atoms with van der Waals surface area (Å²) in [5.41, 5.74) is 6.90. The van der Waals surface area contributed by atoms with Crippen LogP contribution in [0.15, 0.2) is 24.3 Å². The summed E-state index contributed by atoms with van der Waals surface area (Å²) in [7, 11) is 6.63. The van der Waals surface area contributed by atoms with Crippen molar-refractivity contribution in [3.63, 3.8) is 0 Å². The molecule has 41 heavy (non-hydrogen) atoms. The number of fused-ring (bicyclic) bond motifs is 2. The van der Waals surface area contributed by atoms with Gasteiger partial charge in [-0.1, -0.05) is 11.6 Å². The smallest absolute Gasteiger partial charge is 0.354 e. The average molecular weight is 602 g/mol. The molecule has 0 amide bonds. The highest BCUT2D eigenvalue weighted by atomic mass is 35.5. The number of carbonyl (C=O) groups is 2. The zero-order chi connectivity index (χ0) is 29.3. The van der Waals surface area contributed by atoms with Gasteiger partial charge in [-0.2, -0.15) is 10.2 Å². The molecule has 0 fully saturated rings. The number of halogens is 2. The van der Waals surface area contributed by atoms with Crippen molar-refractivity contribution >= 4 is 46.0 Å². The third-order valence-corrected chi connectivity index (χ3v) is 8.21. The molecule has 4 heterocycles. The first-order valence-electron chi connectivity index (χ1n) is 13.6. The van der Waals surface area contributed by atoms with Crippen molar-refractivity contribution in [2.75, 3.05) is 21.3 Å². The molecule has 0 aliphatic carbocycles. The molecule has 12 heteroatoms. The molecule has 3 aromatic heterocycles. The monoisotopic (exact) mass is 600 g/mol.